The molecule has 0 bridgehead atoms. The predicted molar refractivity (Wildman–Crippen MR) is 72.6 cm³/mol. The molecule has 0 unspecified atom stereocenters. The number of para-hydroxylation sites is 1. The molecule has 0 aliphatic heterocycles. The Morgan fingerprint density at radius 3 is 2.37 bits per heavy atom. The van der Waals surface area contributed by atoms with Crippen LogP contribution < -0.4 is 5.43 Å². The van der Waals surface area contributed by atoms with E-state index < -0.39 is 0 Å². The second kappa shape index (κ2) is 4.43. The first-order chi connectivity index (χ1) is 9.31. The van der Waals surface area contributed by atoms with Gasteiger partial charge in [0.25, 0.3) is 0 Å². The van der Waals surface area contributed by atoms with Crippen molar-refractivity contribution >= 4 is 11.0 Å². The van der Waals surface area contributed by atoms with Gasteiger partial charge in [0.15, 0.2) is 0 Å². The molecule has 0 saturated heterocycles. The Hall–Kier alpha value is -2.86. The van der Waals surface area contributed by atoms with Gasteiger partial charge in [-0.05, 0) is 17.7 Å². The summed E-state index contributed by atoms with van der Waals surface area (Å²) in [6.07, 6.45) is 0. The number of hydrogen-bond acceptors (Lipinski definition) is 3. The number of benzene rings is 2. The van der Waals surface area contributed by atoms with Gasteiger partial charge in [-0.25, -0.2) is 0 Å². The molecule has 0 aliphatic carbocycles. The monoisotopic (exact) mass is 247 g/mol. The predicted octanol–water partition coefficient (Wildman–Crippen LogP) is 3.33. The molecule has 3 aromatic rings. The zero-order valence-corrected chi connectivity index (χ0v) is 9.96. The normalized spacial score (nSPS) is 10.3. The van der Waals surface area contributed by atoms with Crippen molar-refractivity contribution in [3.63, 3.8) is 0 Å². The molecule has 0 atom stereocenters. The topological polar surface area (TPSA) is 54.0 Å². The molecule has 3 rings (SSSR count). The number of nitrogens with zero attached hydrogens (tertiary/aromatic N) is 1. The van der Waals surface area contributed by atoms with Gasteiger partial charge in [0, 0.05) is 0 Å². The van der Waals surface area contributed by atoms with Crippen LogP contribution in [0.15, 0.2) is 63.8 Å². The molecule has 3 heteroatoms. The first kappa shape index (κ1) is 11.2. The van der Waals surface area contributed by atoms with Crippen molar-refractivity contribution in [3.05, 3.63) is 70.6 Å². The minimum absolute atomic E-state index is 0.0508. The van der Waals surface area contributed by atoms with Gasteiger partial charge in [-0.2, -0.15) is 5.26 Å². The van der Waals surface area contributed by atoms with Crippen molar-refractivity contribution in [3.8, 4) is 17.2 Å². The highest BCUT2D eigenvalue weighted by Gasteiger charge is 2.15. The van der Waals surface area contributed by atoms with Crippen molar-refractivity contribution in [2.75, 3.05) is 0 Å². The fourth-order valence-corrected chi connectivity index (χ4v) is 2.09. The van der Waals surface area contributed by atoms with Crippen LogP contribution in [-0.4, -0.2) is 0 Å². The van der Waals surface area contributed by atoms with Gasteiger partial charge >= 0.3 is 0 Å². The fraction of sp³-hybridized carbons (Fsp3) is 0. The summed E-state index contributed by atoms with van der Waals surface area (Å²) in [6, 6.07) is 18.0. The van der Waals surface area contributed by atoms with Gasteiger partial charge in [0.2, 0.25) is 11.2 Å². The molecule has 0 saturated carbocycles. The van der Waals surface area contributed by atoms with E-state index in [4.69, 9.17) is 4.42 Å². The number of fused-ring (bicyclic) bond motifs is 1. The zero-order chi connectivity index (χ0) is 13.2. The maximum absolute atomic E-state index is 12.5. The van der Waals surface area contributed by atoms with Crippen molar-refractivity contribution in [2.24, 2.45) is 0 Å². The maximum Gasteiger partial charge on any atom is 0.215 e. The smallest absolute Gasteiger partial charge is 0.215 e. The van der Waals surface area contributed by atoms with Crippen LogP contribution in [-0.2, 0) is 0 Å². The molecule has 2 aromatic carbocycles. The van der Waals surface area contributed by atoms with Crippen LogP contribution in [0.1, 0.15) is 5.76 Å². The lowest BCUT2D eigenvalue weighted by Crippen LogP contribution is -2.07. The molecule has 0 amide bonds. The Labute approximate surface area is 109 Å². The quantitative estimate of drug-likeness (QED) is 0.662. The van der Waals surface area contributed by atoms with Gasteiger partial charge in [0.05, 0.1) is 10.9 Å². The van der Waals surface area contributed by atoms with Crippen LogP contribution in [0.5, 0.6) is 0 Å². The summed E-state index contributed by atoms with van der Waals surface area (Å²) >= 11 is 0. The Kier molecular flexibility index (Phi) is 2.62. The number of nitriles is 1. The molecule has 0 fully saturated rings. The van der Waals surface area contributed by atoms with Gasteiger partial charge in [-0.15, -0.1) is 0 Å². The maximum atomic E-state index is 12.5. The summed E-state index contributed by atoms with van der Waals surface area (Å²) in [5.41, 5.74) is 1.27. The highest BCUT2D eigenvalue weighted by molar-refractivity contribution is 5.83. The average molecular weight is 247 g/mol. The van der Waals surface area contributed by atoms with Gasteiger partial charge in [0.1, 0.15) is 11.7 Å². The van der Waals surface area contributed by atoms with Crippen LogP contribution >= 0.6 is 0 Å². The first-order valence-corrected chi connectivity index (χ1v) is 5.82. The highest BCUT2D eigenvalue weighted by atomic mass is 16.3. The molecule has 0 spiro atoms. The fourth-order valence-electron chi connectivity index (χ4n) is 2.09. The lowest BCUT2D eigenvalue weighted by molar-refractivity contribution is 0.588. The Bertz CT molecular complexity index is 842. The first-order valence-electron chi connectivity index (χ1n) is 5.82. The van der Waals surface area contributed by atoms with Crippen LogP contribution in [0.4, 0.5) is 0 Å². The SMILES string of the molecule is N#Cc1oc2ccccc2c(=O)c1-c1ccccc1. The lowest BCUT2D eigenvalue weighted by Gasteiger charge is -2.04. The van der Waals surface area contributed by atoms with E-state index in [0.29, 0.717) is 22.1 Å². The van der Waals surface area contributed by atoms with Gasteiger partial charge in [-0.3, -0.25) is 4.79 Å². The third-order valence-corrected chi connectivity index (χ3v) is 2.96. The second-order valence-electron chi connectivity index (χ2n) is 4.11. The third-order valence-electron chi connectivity index (χ3n) is 2.96. The minimum Gasteiger partial charge on any atom is -0.445 e. The van der Waals surface area contributed by atoms with E-state index in [9.17, 15) is 10.1 Å². The van der Waals surface area contributed by atoms with E-state index in [0.717, 1.165) is 0 Å². The largest absolute Gasteiger partial charge is 0.445 e. The molecule has 3 nitrogen and oxygen atoms in total. The minimum atomic E-state index is -0.176. The number of rotatable bonds is 1. The molecular formula is C16H9NO2. The molecule has 0 aliphatic rings. The molecule has 19 heavy (non-hydrogen) atoms. The van der Waals surface area contributed by atoms with E-state index >= 15 is 0 Å². The summed E-state index contributed by atoms with van der Waals surface area (Å²) in [5.74, 6) is 0.0508. The molecule has 90 valence electrons. The van der Waals surface area contributed by atoms with Crippen LogP contribution in [0.3, 0.4) is 0 Å². The summed E-state index contributed by atoms with van der Waals surface area (Å²) in [7, 11) is 0. The summed E-state index contributed by atoms with van der Waals surface area (Å²) < 4.78 is 5.52. The average Bonchev–Trinajstić information content (AvgIpc) is 2.48. The molecule has 1 aromatic heterocycles. The van der Waals surface area contributed by atoms with E-state index in [-0.39, 0.29) is 11.2 Å². The van der Waals surface area contributed by atoms with E-state index in [1.54, 1.807) is 36.4 Å². The number of hydrogen-bond donors (Lipinski definition) is 0. The van der Waals surface area contributed by atoms with Crippen LogP contribution in [0, 0.1) is 11.3 Å². The summed E-state index contributed by atoms with van der Waals surface area (Å²) in [5, 5.41) is 9.67. The van der Waals surface area contributed by atoms with Gasteiger partial charge in [-0.1, -0.05) is 42.5 Å². The Morgan fingerprint density at radius 1 is 0.947 bits per heavy atom. The van der Waals surface area contributed by atoms with Crippen molar-refractivity contribution in [1.82, 2.24) is 0 Å². The second-order valence-corrected chi connectivity index (χ2v) is 4.11. The molecule has 1 heterocycles. The Balaban J connectivity index is 2.45. The van der Waals surface area contributed by atoms with E-state index in [2.05, 4.69) is 0 Å². The Morgan fingerprint density at radius 2 is 1.63 bits per heavy atom. The van der Waals surface area contributed by atoms with Crippen molar-refractivity contribution in [2.45, 2.75) is 0 Å². The lowest BCUT2D eigenvalue weighted by atomic mass is 10.0. The molecule has 0 radical (unpaired) electrons. The summed E-state index contributed by atoms with van der Waals surface area (Å²) in [4.78, 5) is 12.5. The van der Waals surface area contributed by atoms with Crippen LogP contribution in [0.25, 0.3) is 22.1 Å². The molecule has 0 N–H and O–H groups in total. The summed E-state index contributed by atoms with van der Waals surface area (Å²) in [6.45, 7) is 0. The van der Waals surface area contributed by atoms with Crippen molar-refractivity contribution in [1.29, 1.82) is 5.26 Å². The zero-order valence-electron chi connectivity index (χ0n) is 9.96. The molecular weight excluding hydrogens is 238 g/mol. The van der Waals surface area contributed by atoms with E-state index in [1.807, 2.05) is 24.3 Å². The highest BCUT2D eigenvalue weighted by Crippen LogP contribution is 2.23. The van der Waals surface area contributed by atoms with Crippen LogP contribution in [0.2, 0.25) is 0 Å². The third kappa shape index (κ3) is 1.80. The standard InChI is InChI=1S/C16H9NO2/c17-10-14-15(11-6-2-1-3-7-11)16(18)12-8-4-5-9-13(12)19-14/h1-9H. The van der Waals surface area contributed by atoms with Gasteiger partial charge < -0.3 is 4.42 Å². The van der Waals surface area contributed by atoms with Crippen molar-refractivity contribution < 1.29 is 4.42 Å². The van der Waals surface area contributed by atoms with E-state index in [1.165, 1.54) is 0 Å².